The maximum Gasteiger partial charge on any atom is 0.119 e. The van der Waals surface area contributed by atoms with Crippen molar-refractivity contribution in [3.8, 4) is 5.75 Å². The van der Waals surface area contributed by atoms with E-state index in [1.54, 1.807) is 0 Å². The van der Waals surface area contributed by atoms with Gasteiger partial charge in [-0.05, 0) is 44.0 Å². The van der Waals surface area contributed by atoms with Crippen molar-refractivity contribution in [3.63, 3.8) is 0 Å². The van der Waals surface area contributed by atoms with Crippen LogP contribution >= 0.6 is 0 Å². The highest BCUT2D eigenvalue weighted by atomic mass is 16.5. The number of hydrogen-bond acceptors (Lipinski definition) is 3. The van der Waals surface area contributed by atoms with Crippen molar-refractivity contribution in [2.24, 2.45) is 5.41 Å². The van der Waals surface area contributed by atoms with Crippen LogP contribution in [0.15, 0.2) is 24.3 Å². The molecule has 94 valence electrons. The summed E-state index contributed by atoms with van der Waals surface area (Å²) < 4.78 is 5.42. The summed E-state index contributed by atoms with van der Waals surface area (Å²) in [5.41, 5.74) is 1.30. The maximum absolute atomic E-state index is 9.55. The Bertz CT molecular complexity index is 342. The van der Waals surface area contributed by atoms with Crippen molar-refractivity contribution in [2.75, 3.05) is 26.3 Å². The van der Waals surface area contributed by atoms with Crippen LogP contribution in [0.2, 0.25) is 0 Å². The molecule has 0 radical (unpaired) electrons. The van der Waals surface area contributed by atoms with Crippen LogP contribution in [0, 0.1) is 5.41 Å². The molecule has 1 aliphatic rings. The Kier molecular flexibility index (Phi) is 4.02. The van der Waals surface area contributed by atoms with E-state index in [1.807, 2.05) is 19.1 Å². The second kappa shape index (κ2) is 5.52. The van der Waals surface area contributed by atoms with E-state index in [2.05, 4.69) is 17.4 Å². The third kappa shape index (κ3) is 2.99. The molecule has 1 aromatic carbocycles. The number of benzene rings is 1. The summed E-state index contributed by atoms with van der Waals surface area (Å²) in [7, 11) is 0. The third-order valence-corrected chi connectivity index (χ3v) is 3.48. The lowest BCUT2D eigenvalue weighted by atomic mass is 9.82. The minimum Gasteiger partial charge on any atom is -0.494 e. The molecule has 2 rings (SSSR count). The fourth-order valence-corrected chi connectivity index (χ4v) is 2.44. The summed E-state index contributed by atoms with van der Waals surface area (Å²) in [5, 5.41) is 12.9. The topological polar surface area (TPSA) is 41.5 Å². The summed E-state index contributed by atoms with van der Waals surface area (Å²) >= 11 is 0. The first-order valence-electron chi connectivity index (χ1n) is 6.31. The van der Waals surface area contributed by atoms with E-state index in [0.717, 1.165) is 31.7 Å². The molecular weight excluding hydrogens is 214 g/mol. The second-order valence-electron chi connectivity index (χ2n) is 4.84. The van der Waals surface area contributed by atoms with Gasteiger partial charge in [0.1, 0.15) is 5.75 Å². The van der Waals surface area contributed by atoms with Gasteiger partial charge < -0.3 is 15.2 Å². The number of aliphatic hydroxyl groups is 1. The van der Waals surface area contributed by atoms with E-state index < -0.39 is 0 Å². The third-order valence-electron chi connectivity index (χ3n) is 3.48. The largest absolute Gasteiger partial charge is 0.494 e. The molecule has 1 aliphatic heterocycles. The van der Waals surface area contributed by atoms with Crippen molar-refractivity contribution in [2.45, 2.75) is 19.8 Å². The van der Waals surface area contributed by atoms with Gasteiger partial charge in [0.15, 0.2) is 0 Å². The SMILES string of the molecule is CCOc1ccc(CC2(CO)CCNC2)cc1. The molecular formula is C14H21NO2. The van der Waals surface area contributed by atoms with Gasteiger partial charge in [-0.25, -0.2) is 0 Å². The van der Waals surface area contributed by atoms with Crippen LogP contribution in [0.3, 0.4) is 0 Å². The highest BCUT2D eigenvalue weighted by Crippen LogP contribution is 2.29. The summed E-state index contributed by atoms with van der Waals surface area (Å²) in [6.45, 7) is 4.87. The highest BCUT2D eigenvalue weighted by molar-refractivity contribution is 5.28. The van der Waals surface area contributed by atoms with Crippen LogP contribution in [-0.4, -0.2) is 31.4 Å². The number of rotatable bonds is 5. The Morgan fingerprint density at radius 3 is 2.65 bits per heavy atom. The Morgan fingerprint density at radius 1 is 1.35 bits per heavy atom. The summed E-state index contributed by atoms with van der Waals surface area (Å²) in [4.78, 5) is 0. The quantitative estimate of drug-likeness (QED) is 0.814. The number of aliphatic hydroxyl groups excluding tert-OH is 1. The van der Waals surface area contributed by atoms with Crippen molar-refractivity contribution < 1.29 is 9.84 Å². The highest BCUT2D eigenvalue weighted by Gasteiger charge is 2.33. The molecule has 0 amide bonds. The van der Waals surface area contributed by atoms with Crippen molar-refractivity contribution in [1.82, 2.24) is 5.32 Å². The van der Waals surface area contributed by atoms with Gasteiger partial charge in [0.2, 0.25) is 0 Å². The first kappa shape index (κ1) is 12.4. The van der Waals surface area contributed by atoms with Crippen LogP contribution < -0.4 is 10.1 Å². The fraction of sp³-hybridized carbons (Fsp3) is 0.571. The van der Waals surface area contributed by atoms with Crippen molar-refractivity contribution in [1.29, 1.82) is 0 Å². The van der Waals surface area contributed by atoms with Crippen LogP contribution in [-0.2, 0) is 6.42 Å². The van der Waals surface area contributed by atoms with Gasteiger partial charge in [0, 0.05) is 12.0 Å². The van der Waals surface area contributed by atoms with Crippen LogP contribution in [0.25, 0.3) is 0 Å². The molecule has 3 nitrogen and oxygen atoms in total. The zero-order valence-electron chi connectivity index (χ0n) is 10.4. The first-order valence-corrected chi connectivity index (χ1v) is 6.31. The second-order valence-corrected chi connectivity index (χ2v) is 4.84. The number of ether oxygens (including phenoxy) is 1. The number of nitrogens with one attached hydrogen (secondary N) is 1. The van der Waals surface area contributed by atoms with Crippen LogP contribution in [0.5, 0.6) is 5.75 Å². The van der Waals surface area contributed by atoms with Crippen LogP contribution in [0.1, 0.15) is 18.9 Å². The van der Waals surface area contributed by atoms with Gasteiger partial charge in [-0.2, -0.15) is 0 Å². The Balaban J connectivity index is 2.02. The molecule has 1 atom stereocenters. The smallest absolute Gasteiger partial charge is 0.119 e. The van der Waals surface area contributed by atoms with E-state index >= 15 is 0 Å². The molecule has 1 fully saturated rings. The molecule has 1 heterocycles. The van der Waals surface area contributed by atoms with E-state index in [0.29, 0.717) is 6.61 Å². The van der Waals surface area contributed by atoms with Gasteiger partial charge in [-0.3, -0.25) is 0 Å². The minimum absolute atomic E-state index is 0.0349. The van der Waals surface area contributed by atoms with E-state index in [9.17, 15) is 5.11 Å². The Hall–Kier alpha value is -1.06. The van der Waals surface area contributed by atoms with Gasteiger partial charge in [-0.1, -0.05) is 12.1 Å². The maximum atomic E-state index is 9.55. The monoisotopic (exact) mass is 235 g/mol. The lowest BCUT2D eigenvalue weighted by molar-refractivity contribution is 0.143. The lowest BCUT2D eigenvalue weighted by Crippen LogP contribution is -2.30. The van der Waals surface area contributed by atoms with E-state index in [4.69, 9.17) is 4.74 Å². The predicted octanol–water partition coefficient (Wildman–Crippen LogP) is 1.60. The molecule has 1 saturated heterocycles. The average molecular weight is 235 g/mol. The van der Waals surface area contributed by atoms with Gasteiger partial charge in [0.25, 0.3) is 0 Å². The zero-order valence-corrected chi connectivity index (χ0v) is 10.4. The van der Waals surface area contributed by atoms with Crippen LogP contribution in [0.4, 0.5) is 0 Å². The fourth-order valence-electron chi connectivity index (χ4n) is 2.44. The molecule has 17 heavy (non-hydrogen) atoms. The Morgan fingerprint density at radius 2 is 2.12 bits per heavy atom. The normalized spacial score (nSPS) is 23.9. The van der Waals surface area contributed by atoms with Crippen molar-refractivity contribution >= 4 is 0 Å². The first-order chi connectivity index (χ1) is 8.28. The average Bonchev–Trinajstić information content (AvgIpc) is 2.81. The number of hydrogen-bond donors (Lipinski definition) is 2. The molecule has 1 aromatic rings. The van der Waals surface area contributed by atoms with E-state index in [1.165, 1.54) is 5.56 Å². The molecule has 0 aromatic heterocycles. The Labute approximate surface area is 103 Å². The van der Waals surface area contributed by atoms with Gasteiger partial charge in [0.05, 0.1) is 13.2 Å². The van der Waals surface area contributed by atoms with Crippen molar-refractivity contribution in [3.05, 3.63) is 29.8 Å². The molecule has 3 heteroatoms. The molecule has 0 saturated carbocycles. The zero-order chi connectivity index (χ0) is 12.1. The minimum atomic E-state index is 0.0349. The summed E-state index contributed by atoms with van der Waals surface area (Å²) in [6.07, 6.45) is 1.99. The molecule has 0 bridgehead atoms. The van der Waals surface area contributed by atoms with E-state index in [-0.39, 0.29) is 12.0 Å². The molecule has 0 aliphatic carbocycles. The standard InChI is InChI=1S/C14H21NO2/c1-2-17-13-5-3-12(4-6-13)9-14(11-16)7-8-15-10-14/h3-6,15-16H,2,7-11H2,1H3. The molecule has 0 spiro atoms. The lowest BCUT2D eigenvalue weighted by Gasteiger charge is -2.25. The van der Waals surface area contributed by atoms with Gasteiger partial charge >= 0.3 is 0 Å². The summed E-state index contributed by atoms with van der Waals surface area (Å²) in [5.74, 6) is 0.916. The molecule has 2 N–H and O–H groups in total. The molecule has 1 unspecified atom stereocenters. The van der Waals surface area contributed by atoms with Gasteiger partial charge in [-0.15, -0.1) is 0 Å². The summed E-state index contributed by atoms with van der Waals surface area (Å²) in [6, 6.07) is 8.21. The predicted molar refractivity (Wildman–Crippen MR) is 68.3 cm³/mol.